The summed E-state index contributed by atoms with van der Waals surface area (Å²) in [6.07, 6.45) is 2.46. The SMILES string of the molecule is CCOC(=O)CC(N)(COC)C1CC1. The van der Waals surface area contributed by atoms with Crippen molar-refractivity contribution in [3.63, 3.8) is 0 Å². The molecule has 1 fully saturated rings. The first kappa shape index (κ1) is 11.5. The van der Waals surface area contributed by atoms with Crippen LogP contribution in [0.4, 0.5) is 0 Å². The molecule has 0 amide bonds. The van der Waals surface area contributed by atoms with Gasteiger partial charge in [0.1, 0.15) is 0 Å². The predicted molar refractivity (Wildman–Crippen MR) is 52.8 cm³/mol. The van der Waals surface area contributed by atoms with Gasteiger partial charge in [0, 0.05) is 7.11 Å². The Balaban J connectivity index is 2.45. The highest BCUT2D eigenvalue weighted by Gasteiger charge is 2.43. The molecule has 0 aromatic rings. The van der Waals surface area contributed by atoms with Gasteiger partial charge >= 0.3 is 5.97 Å². The molecular formula is C10H19NO3. The fraction of sp³-hybridized carbons (Fsp3) is 0.900. The lowest BCUT2D eigenvalue weighted by Gasteiger charge is -2.27. The minimum Gasteiger partial charge on any atom is -0.466 e. The lowest BCUT2D eigenvalue weighted by molar-refractivity contribution is -0.145. The molecule has 1 saturated carbocycles. The van der Waals surface area contributed by atoms with Crippen molar-refractivity contribution in [1.82, 2.24) is 0 Å². The minimum atomic E-state index is -0.513. The molecule has 4 nitrogen and oxygen atoms in total. The molecule has 0 aromatic heterocycles. The third-order valence-electron chi connectivity index (χ3n) is 2.58. The molecule has 0 saturated heterocycles. The van der Waals surface area contributed by atoms with Crippen LogP contribution in [0.1, 0.15) is 26.2 Å². The van der Waals surface area contributed by atoms with Gasteiger partial charge in [0.25, 0.3) is 0 Å². The number of nitrogens with two attached hydrogens (primary N) is 1. The first-order valence-electron chi connectivity index (χ1n) is 5.06. The maximum Gasteiger partial charge on any atom is 0.307 e. The smallest absolute Gasteiger partial charge is 0.307 e. The Morgan fingerprint density at radius 2 is 2.21 bits per heavy atom. The number of rotatable bonds is 6. The molecule has 0 radical (unpaired) electrons. The van der Waals surface area contributed by atoms with Crippen molar-refractivity contribution < 1.29 is 14.3 Å². The average molecular weight is 201 g/mol. The Hall–Kier alpha value is -0.610. The summed E-state index contributed by atoms with van der Waals surface area (Å²) in [5.41, 5.74) is 5.61. The summed E-state index contributed by atoms with van der Waals surface area (Å²) in [6, 6.07) is 0. The molecular weight excluding hydrogens is 182 g/mol. The minimum absolute atomic E-state index is 0.223. The molecule has 1 atom stereocenters. The Kier molecular flexibility index (Phi) is 3.89. The summed E-state index contributed by atoms with van der Waals surface area (Å²) in [5, 5.41) is 0. The Morgan fingerprint density at radius 3 is 2.64 bits per heavy atom. The van der Waals surface area contributed by atoms with Crippen LogP contribution in [0.5, 0.6) is 0 Å². The molecule has 0 aromatic carbocycles. The highest BCUT2D eigenvalue weighted by Crippen LogP contribution is 2.40. The van der Waals surface area contributed by atoms with E-state index in [4.69, 9.17) is 15.2 Å². The largest absolute Gasteiger partial charge is 0.466 e. The van der Waals surface area contributed by atoms with Gasteiger partial charge in [-0.05, 0) is 25.7 Å². The number of hydrogen-bond donors (Lipinski definition) is 1. The van der Waals surface area contributed by atoms with Crippen LogP contribution in [0.2, 0.25) is 0 Å². The van der Waals surface area contributed by atoms with Crippen LogP contribution in [-0.4, -0.2) is 31.8 Å². The summed E-state index contributed by atoms with van der Waals surface area (Å²) in [4.78, 5) is 11.3. The monoisotopic (exact) mass is 201 g/mol. The van der Waals surface area contributed by atoms with E-state index in [1.807, 2.05) is 0 Å². The standard InChI is InChI=1S/C10H19NO3/c1-3-14-9(12)6-10(11,7-13-2)8-4-5-8/h8H,3-7,11H2,1-2H3. The maximum atomic E-state index is 11.3. The van der Waals surface area contributed by atoms with E-state index in [9.17, 15) is 4.79 Å². The number of ether oxygens (including phenoxy) is 2. The zero-order chi connectivity index (χ0) is 10.6. The summed E-state index contributed by atoms with van der Waals surface area (Å²) in [7, 11) is 1.61. The van der Waals surface area contributed by atoms with E-state index >= 15 is 0 Å². The Bertz CT molecular complexity index is 204. The van der Waals surface area contributed by atoms with E-state index < -0.39 is 5.54 Å². The van der Waals surface area contributed by atoms with Crippen LogP contribution in [0.3, 0.4) is 0 Å². The van der Waals surface area contributed by atoms with E-state index in [0.717, 1.165) is 12.8 Å². The average Bonchev–Trinajstić information content (AvgIpc) is 2.86. The second-order valence-electron chi connectivity index (χ2n) is 3.92. The van der Waals surface area contributed by atoms with Crippen LogP contribution in [0, 0.1) is 5.92 Å². The first-order chi connectivity index (χ1) is 6.62. The summed E-state index contributed by atoms with van der Waals surface area (Å²) < 4.78 is 9.94. The van der Waals surface area contributed by atoms with Crippen molar-refractivity contribution in [1.29, 1.82) is 0 Å². The fourth-order valence-corrected chi connectivity index (χ4v) is 1.72. The molecule has 1 unspecified atom stereocenters. The molecule has 0 aliphatic heterocycles. The molecule has 1 aliphatic carbocycles. The lowest BCUT2D eigenvalue weighted by Crippen LogP contribution is -2.48. The van der Waals surface area contributed by atoms with Gasteiger partial charge < -0.3 is 15.2 Å². The highest BCUT2D eigenvalue weighted by atomic mass is 16.5. The third kappa shape index (κ3) is 2.96. The summed E-state index contributed by atoms with van der Waals surface area (Å²) in [6.45, 7) is 2.63. The molecule has 2 N–H and O–H groups in total. The molecule has 0 bridgehead atoms. The van der Waals surface area contributed by atoms with E-state index in [2.05, 4.69) is 0 Å². The quantitative estimate of drug-likeness (QED) is 0.642. The Labute approximate surface area is 84.7 Å². The van der Waals surface area contributed by atoms with E-state index in [0.29, 0.717) is 19.1 Å². The van der Waals surface area contributed by atoms with Crippen LogP contribution in [-0.2, 0) is 14.3 Å². The number of esters is 1. The highest BCUT2D eigenvalue weighted by molar-refractivity contribution is 5.71. The van der Waals surface area contributed by atoms with Gasteiger partial charge in [0.15, 0.2) is 0 Å². The van der Waals surface area contributed by atoms with Crippen molar-refractivity contribution in [3.05, 3.63) is 0 Å². The topological polar surface area (TPSA) is 61.5 Å². The van der Waals surface area contributed by atoms with Crippen molar-refractivity contribution in [2.45, 2.75) is 31.7 Å². The van der Waals surface area contributed by atoms with Crippen LogP contribution in [0.15, 0.2) is 0 Å². The predicted octanol–water partition coefficient (Wildman–Crippen LogP) is 0.694. The Morgan fingerprint density at radius 1 is 1.57 bits per heavy atom. The third-order valence-corrected chi connectivity index (χ3v) is 2.58. The van der Waals surface area contributed by atoms with Gasteiger partial charge in [-0.2, -0.15) is 0 Å². The summed E-state index contributed by atoms with van der Waals surface area (Å²) in [5.74, 6) is 0.200. The van der Waals surface area contributed by atoms with Gasteiger partial charge in [-0.15, -0.1) is 0 Å². The molecule has 1 rings (SSSR count). The van der Waals surface area contributed by atoms with Crippen LogP contribution < -0.4 is 5.73 Å². The molecule has 1 aliphatic rings. The second-order valence-corrected chi connectivity index (χ2v) is 3.92. The van der Waals surface area contributed by atoms with Gasteiger partial charge in [0.2, 0.25) is 0 Å². The van der Waals surface area contributed by atoms with Crippen molar-refractivity contribution in [3.8, 4) is 0 Å². The molecule has 0 spiro atoms. The van der Waals surface area contributed by atoms with Gasteiger partial charge in [-0.1, -0.05) is 0 Å². The van der Waals surface area contributed by atoms with Crippen LogP contribution >= 0.6 is 0 Å². The number of carbonyl (C=O) groups excluding carboxylic acids is 1. The zero-order valence-electron chi connectivity index (χ0n) is 8.91. The van der Waals surface area contributed by atoms with Crippen LogP contribution in [0.25, 0.3) is 0 Å². The maximum absolute atomic E-state index is 11.3. The van der Waals surface area contributed by atoms with E-state index in [-0.39, 0.29) is 12.4 Å². The fourth-order valence-electron chi connectivity index (χ4n) is 1.72. The first-order valence-corrected chi connectivity index (χ1v) is 5.06. The van der Waals surface area contributed by atoms with Crippen molar-refractivity contribution >= 4 is 5.97 Å². The number of methoxy groups -OCH3 is 1. The molecule has 4 heteroatoms. The second kappa shape index (κ2) is 4.75. The number of carbonyl (C=O) groups is 1. The summed E-state index contributed by atoms with van der Waals surface area (Å²) >= 11 is 0. The van der Waals surface area contributed by atoms with Gasteiger partial charge in [-0.3, -0.25) is 4.79 Å². The van der Waals surface area contributed by atoms with Gasteiger partial charge in [-0.25, -0.2) is 0 Å². The van der Waals surface area contributed by atoms with Gasteiger partial charge in [0.05, 0.1) is 25.2 Å². The van der Waals surface area contributed by atoms with E-state index in [1.165, 1.54) is 0 Å². The zero-order valence-corrected chi connectivity index (χ0v) is 8.91. The molecule has 14 heavy (non-hydrogen) atoms. The molecule has 0 heterocycles. The lowest BCUT2D eigenvalue weighted by atomic mass is 9.91. The van der Waals surface area contributed by atoms with E-state index in [1.54, 1.807) is 14.0 Å². The normalized spacial score (nSPS) is 20.2. The van der Waals surface area contributed by atoms with Crippen molar-refractivity contribution in [2.75, 3.05) is 20.3 Å². The van der Waals surface area contributed by atoms with Crippen molar-refractivity contribution in [2.24, 2.45) is 11.7 Å². The number of hydrogen-bond acceptors (Lipinski definition) is 4. The molecule has 82 valence electrons.